The van der Waals surface area contributed by atoms with Crippen LogP contribution in [-0.2, 0) is 20.6 Å². The van der Waals surface area contributed by atoms with E-state index in [4.69, 9.17) is 9.31 Å². The van der Waals surface area contributed by atoms with Crippen molar-refractivity contribution >= 4 is 24.4 Å². The molecule has 0 saturated carbocycles. The van der Waals surface area contributed by atoms with Crippen molar-refractivity contribution in [2.24, 2.45) is 0 Å². The summed E-state index contributed by atoms with van der Waals surface area (Å²) in [6, 6.07) is 16.4. The van der Waals surface area contributed by atoms with Crippen molar-refractivity contribution in [1.82, 2.24) is 4.90 Å². The summed E-state index contributed by atoms with van der Waals surface area (Å²) >= 11 is 0. The summed E-state index contributed by atoms with van der Waals surface area (Å²) in [5, 5.41) is 0. The van der Waals surface area contributed by atoms with E-state index in [9.17, 15) is 9.59 Å². The maximum atomic E-state index is 12.9. The minimum atomic E-state index is -0.554. The van der Waals surface area contributed by atoms with Gasteiger partial charge in [0.15, 0.2) is 0 Å². The zero-order chi connectivity index (χ0) is 20.5. The molecule has 1 saturated heterocycles. The molecule has 0 aromatic heterocycles. The predicted octanol–water partition coefficient (Wildman–Crippen LogP) is 3.17. The standard InChI is InChI=1S/C22H26BNO4/c1-16(25)24(20(26)17-11-7-6-8-12-17)15-18-13-9-10-14-19(18)23-27-21(2,3)22(4,5)28-23/h6-14H,15H2,1-5H3. The van der Waals surface area contributed by atoms with Gasteiger partial charge in [-0.15, -0.1) is 0 Å². The largest absolute Gasteiger partial charge is 0.495 e. The Hall–Kier alpha value is -2.44. The second kappa shape index (κ2) is 7.53. The zero-order valence-corrected chi connectivity index (χ0v) is 17.1. The van der Waals surface area contributed by atoms with E-state index >= 15 is 0 Å². The van der Waals surface area contributed by atoms with Crippen molar-refractivity contribution in [3.8, 4) is 0 Å². The molecule has 2 aromatic carbocycles. The first-order valence-electron chi connectivity index (χ1n) is 9.43. The van der Waals surface area contributed by atoms with Crippen LogP contribution in [0.5, 0.6) is 0 Å². The summed E-state index contributed by atoms with van der Waals surface area (Å²) < 4.78 is 12.3. The normalized spacial score (nSPS) is 17.4. The quantitative estimate of drug-likeness (QED) is 0.766. The lowest BCUT2D eigenvalue weighted by atomic mass is 9.76. The van der Waals surface area contributed by atoms with Crippen LogP contribution in [0.25, 0.3) is 0 Å². The van der Waals surface area contributed by atoms with Gasteiger partial charge in [0.25, 0.3) is 5.91 Å². The maximum Gasteiger partial charge on any atom is 0.495 e. The van der Waals surface area contributed by atoms with Crippen LogP contribution < -0.4 is 5.46 Å². The van der Waals surface area contributed by atoms with E-state index in [0.717, 1.165) is 11.0 Å². The second-order valence-corrected chi connectivity index (χ2v) is 8.06. The molecule has 3 rings (SSSR count). The van der Waals surface area contributed by atoms with E-state index in [-0.39, 0.29) is 18.4 Å². The molecule has 146 valence electrons. The van der Waals surface area contributed by atoms with Gasteiger partial charge in [0, 0.05) is 12.5 Å². The van der Waals surface area contributed by atoms with Gasteiger partial charge >= 0.3 is 7.12 Å². The third kappa shape index (κ3) is 3.89. The first-order valence-corrected chi connectivity index (χ1v) is 9.43. The van der Waals surface area contributed by atoms with Gasteiger partial charge < -0.3 is 9.31 Å². The summed E-state index contributed by atoms with van der Waals surface area (Å²) in [5.74, 6) is -0.630. The fourth-order valence-electron chi connectivity index (χ4n) is 3.11. The van der Waals surface area contributed by atoms with Crippen molar-refractivity contribution in [3.05, 3.63) is 65.7 Å². The van der Waals surface area contributed by atoms with E-state index in [0.29, 0.717) is 5.56 Å². The number of carbonyl (C=O) groups excluding carboxylic acids is 2. The topological polar surface area (TPSA) is 55.8 Å². The zero-order valence-electron chi connectivity index (χ0n) is 17.1. The molecule has 0 spiro atoms. The van der Waals surface area contributed by atoms with Gasteiger partial charge in [0.1, 0.15) is 0 Å². The van der Waals surface area contributed by atoms with Crippen LogP contribution in [0, 0.1) is 0 Å². The minimum Gasteiger partial charge on any atom is -0.399 e. The van der Waals surface area contributed by atoms with E-state index in [2.05, 4.69) is 0 Å². The van der Waals surface area contributed by atoms with Crippen molar-refractivity contribution in [1.29, 1.82) is 0 Å². The van der Waals surface area contributed by atoms with Crippen LogP contribution in [0.4, 0.5) is 0 Å². The lowest BCUT2D eigenvalue weighted by Gasteiger charge is -2.32. The molecular weight excluding hydrogens is 353 g/mol. The fourth-order valence-corrected chi connectivity index (χ4v) is 3.11. The van der Waals surface area contributed by atoms with Gasteiger partial charge in [0.2, 0.25) is 5.91 Å². The Morgan fingerprint density at radius 2 is 1.43 bits per heavy atom. The number of imide groups is 1. The fraction of sp³-hybridized carbons (Fsp3) is 0.364. The monoisotopic (exact) mass is 379 g/mol. The van der Waals surface area contributed by atoms with Gasteiger partial charge in [-0.25, -0.2) is 0 Å². The highest BCUT2D eigenvalue weighted by molar-refractivity contribution is 6.62. The summed E-state index contributed by atoms with van der Waals surface area (Å²) in [7, 11) is -0.554. The van der Waals surface area contributed by atoms with E-state index in [1.165, 1.54) is 11.8 Å². The van der Waals surface area contributed by atoms with Gasteiger partial charge in [-0.05, 0) is 50.9 Å². The van der Waals surface area contributed by atoms with E-state index < -0.39 is 18.3 Å². The maximum absolute atomic E-state index is 12.9. The molecule has 0 bridgehead atoms. The molecule has 0 atom stereocenters. The molecule has 2 aromatic rings. The second-order valence-electron chi connectivity index (χ2n) is 8.06. The Balaban J connectivity index is 1.90. The van der Waals surface area contributed by atoms with Crippen LogP contribution in [0.3, 0.4) is 0 Å². The molecule has 5 nitrogen and oxygen atoms in total. The van der Waals surface area contributed by atoms with Crippen LogP contribution in [0.1, 0.15) is 50.5 Å². The lowest BCUT2D eigenvalue weighted by Crippen LogP contribution is -2.41. The average molecular weight is 379 g/mol. The van der Waals surface area contributed by atoms with Gasteiger partial charge in [-0.2, -0.15) is 0 Å². The molecule has 2 amide bonds. The number of benzene rings is 2. The summed E-state index contributed by atoms with van der Waals surface area (Å²) in [4.78, 5) is 26.4. The number of carbonyl (C=O) groups is 2. The summed E-state index contributed by atoms with van der Waals surface area (Å²) in [6.07, 6.45) is 0. The number of hydrogen-bond donors (Lipinski definition) is 0. The Labute approximate surface area is 166 Å². The van der Waals surface area contributed by atoms with Gasteiger partial charge in [0.05, 0.1) is 17.7 Å². The van der Waals surface area contributed by atoms with Crippen molar-refractivity contribution in [2.45, 2.75) is 52.4 Å². The molecular formula is C22H26BNO4. The molecule has 0 aliphatic carbocycles. The molecule has 0 unspecified atom stereocenters. The highest BCUT2D eigenvalue weighted by Crippen LogP contribution is 2.36. The Morgan fingerprint density at radius 1 is 0.893 bits per heavy atom. The Morgan fingerprint density at radius 3 is 2.00 bits per heavy atom. The Kier molecular flexibility index (Phi) is 5.46. The highest BCUT2D eigenvalue weighted by atomic mass is 16.7. The summed E-state index contributed by atoms with van der Waals surface area (Å²) in [6.45, 7) is 9.54. The van der Waals surface area contributed by atoms with Crippen LogP contribution in [-0.4, -0.2) is 35.0 Å². The molecule has 0 radical (unpaired) electrons. The highest BCUT2D eigenvalue weighted by Gasteiger charge is 2.52. The van der Waals surface area contributed by atoms with Gasteiger partial charge in [-0.1, -0.05) is 42.5 Å². The van der Waals surface area contributed by atoms with Crippen molar-refractivity contribution in [3.63, 3.8) is 0 Å². The number of nitrogens with zero attached hydrogens (tertiary/aromatic N) is 1. The third-order valence-corrected chi connectivity index (χ3v) is 5.54. The molecule has 1 aliphatic rings. The molecule has 1 fully saturated rings. The van der Waals surface area contributed by atoms with Crippen LogP contribution >= 0.6 is 0 Å². The molecule has 6 heteroatoms. The van der Waals surface area contributed by atoms with E-state index in [1.807, 2.05) is 58.0 Å². The average Bonchev–Trinajstić information content (AvgIpc) is 2.87. The predicted molar refractivity (Wildman–Crippen MR) is 109 cm³/mol. The number of hydrogen-bond acceptors (Lipinski definition) is 4. The van der Waals surface area contributed by atoms with Crippen molar-refractivity contribution < 1.29 is 18.9 Å². The van der Waals surface area contributed by atoms with E-state index in [1.54, 1.807) is 24.3 Å². The Bertz CT molecular complexity index is 863. The summed E-state index contributed by atoms with van der Waals surface area (Å²) in [5.41, 5.74) is 1.19. The third-order valence-electron chi connectivity index (χ3n) is 5.54. The molecule has 1 heterocycles. The SMILES string of the molecule is CC(=O)N(Cc1ccccc1B1OC(C)(C)C(C)(C)O1)C(=O)c1ccccc1. The number of amides is 2. The van der Waals surface area contributed by atoms with Crippen molar-refractivity contribution in [2.75, 3.05) is 0 Å². The first-order chi connectivity index (χ1) is 13.1. The molecule has 1 aliphatic heterocycles. The lowest BCUT2D eigenvalue weighted by molar-refractivity contribution is -0.126. The van der Waals surface area contributed by atoms with Crippen LogP contribution in [0.15, 0.2) is 54.6 Å². The molecule has 0 N–H and O–H groups in total. The number of rotatable bonds is 4. The molecule has 28 heavy (non-hydrogen) atoms. The van der Waals surface area contributed by atoms with Crippen LogP contribution in [0.2, 0.25) is 0 Å². The smallest absolute Gasteiger partial charge is 0.399 e. The van der Waals surface area contributed by atoms with Gasteiger partial charge in [-0.3, -0.25) is 14.5 Å². The minimum absolute atomic E-state index is 0.156. The first kappa shape index (κ1) is 20.3.